The van der Waals surface area contributed by atoms with Gasteiger partial charge >= 0.3 is 0 Å². The summed E-state index contributed by atoms with van der Waals surface area (Å²) >= 11 is 5.94. The van der Waals surface area contributed by atoms with Gasteiger partial charge in [0.05, 0.1) is 6.04 Å². The molecule has 2 rings (SSSR count). The number of hydrogen-bond donors (Lipinski definition) is 4. The molecular formula is C21H28ClN5O2. The first-order valence-corrected chi connectivity index (χ1v) is 9.96. The Morgan fingerprint density at radius 2 is 1.76 bits per heavy atom. The molecule has 0 radical (unpaired) electrons. The van der Waals surface area contributed by atoms with E-state index >= 15 is 0 Å². The second kappa shape index (κ2) is 10.8. The number of nitrogens with two attached hydrogens (primary N) is 2. The number of amides is 2. The molecule has 0 spiro atoms. The molecule has 0 bridgehead atoms. The minimum atomic E-state index is -0.763. The second-order valence-electron chi connectivity index (χ2n) is 7.11. The molecule has 0 fully saturated rings. The zero-order valence-electron chi connectivity index (χ0n) is 16.7. The molecule has 7 nitrogen and oxygen atoms in total. The largest absolute Gasteiger partial charge is 0.384 e. The molecule has 0 aliphatic carbocycles. The van der Waals surface area contributed by atoms with Gasteiger partial charge in [0.1, 0.15) is 11.9 Å². The Bertz CT molecular complexity index is 811. The number of nitrogen functional groups attached to an aromatic ring is 1. The molecule has 0 aliphatic rings. The van der Waals surface area contributed by atoms with Gasteiger partial charge in [-0.3, -0.25) is 9.59 Å². The van der Waals surface area contributed by atoms with E-state index in [1.165, 1.54) is 0 Å². The van der Waals surface area contributed by atoms with Crippen LogP contribution in [-0.2, 0) is 22.6 Å². The van der Waals surface area contributed by atoms with Gasteiger partial charge in [-0.05, 0) is 35.2 Å². The number of anilines is 1. The first kappa shape index (κ1) is 22.6. The van der Waals surface area contributed by atoms with Crippen LogP contribution in [0.15, 0.2) is 42.6 Å². The van der Waals surface area contributed by atoms with Crippen LogP contribution in [0.1, 0.15) is 31.4 Å². The van der Waals surface area contributed by atoms with Gasteiger partial charge in [0, 0.05) is 24.2 Å². The number of carbonyl (C=O) groups is 2. The van der Waals surface area contributed by atoms with Crippen LogP contribution >= 0.6 is 11.6 Å². The van der Waals surface area contributed by atoms with Crippen molar-refractivity contribution in [1.82, 2.24) is 15.6 Å². The molecular weight excluding hydrogens is 390 g/mol. The third kappa shape index (κ3) is 7.03. The summed E-state index contributed by atoms with van der Waals surface area (Å²) in [7, 11) is 0. The molecule has 1 heterocycles. The molecule has 0 saturated heterocycles. The third-order valence-electron chi connectivity index (χ3n) is 4.86. The minimum absolute atomic E-state index is 0.00935. The highest BCUT2D eigenvalue weighted by Crippen LogP contribution is 2.12. The molecule has 2 amide bonds. The first-order valence-electron chi connectivity index (χ1n) is 9.58. The van der Waals surface area contributed by atoms with Crippen molar-refractivity contribution in [2.75, 3.05) is 5.73 Å². The molecule has 1 aromatic carbocycles. The van der Waals surface area contributed by atoms with Crippen molar-refractivity contribution in [2.24, 2.45) is 11.7 Å². The predicted octanol–water partition coefficient (Wildman–Crippen LogP) is 2.03. The summed E-state index contributed by atoms with van der Waals surface area (Å²) in [6.07, 6.45) is 2.69. The maximum atomic E-state index is 12.8. The summed E-state index contributed by atoms with van der Waals surface area (Å²) in [5, 5.41) is 6.24. The van der Waals surface area contributed by atoms with E-state index in [2.05, 4.69) is 15.6 Å². The topological polar surface area (TPSA) is 123 Å². The Balaban J connectivity index is 2.09. The number of halogens is 1. The normalized spacial score (nSPS) is 13.9. The highest BCUT2D eigenvalue weighted by Gasteiger charge is 2.26. The molecule has 8 heteroatoms. The molecule has 156 valence electrons. The van der Waals surface area contributed by atoms with Crippen molar-refractivity contribution >= 4 is 29.2 Å². The van der Waals surface area contributed by atoms with Crippen molar-refractivity contribution in [1.29, 1.82) is 0 Å². The summed E-state index contributed by atoms with van der Waals surface area (Å²) < 4.78 is 0. The van der Waals surface area contributed by atoms with Crippen molar-refractivity contribution in [3.8, 4) is 0 Å². The maximum absolute atomic E-state index is 12.8. The van der Waals surface area contributed by atoms with Crippen molar-refractivity contribution in [3.63, 3.8) is 0 Å². The molecule has 0 saturated carbocycles. The zero-order chi connectivity index (χ0) is 21.4. The number of nitrogens with one attached hydrogen (secondary N) is 2. The molecule has 1 aromatic heterocycles. The van der Waals surface area contributed by atoms with Gasteiger partial charge in [0.2, 0.25) is 11.8 Å². The number of benzene rings is 1. The number of pyridine rings is 1. The lowest BCUT2D eigenvalue weighted by atomic mass is 9.98. The Hall–Kier alpha value is -2.64. The number of hydrogen-bond acceptors (Lipinski definition) is 5. The van der Waals surface area contributed by atoms with Crippen LogP contribution in [0.4, 0.5) is 5.82 Å². The van der Waals surface area contributed by atoms with Crippen molar-refractivity contribution in [2.45, 2.75) is 45.3 Å². The Kier molecular flexibility index (Phi) is 8.42. The summed E-state index contributed by atoms with van der Waals surface area (Å²) in [4.78, 5) is 29.4. The predicted molar refractivity (Wildman–Crippen MR) is 115 cm³/mol. The van der Waals surface area contributed by atoms with E-state index in [0.717, 1.165) is 17.5 Å². The van der Waals surface area contributed by atoms with E-state index in [-0.39, 0.29) is 24.3 Å². The molecule has 2 aromatic rings. The maximum Gasteiger partial charge on any atom is 0.243 e. The van der Waals surface area contributed by atoms with E-state index in [1.54, 1.807) is 30.5 Å². The highest BCUT2D eigenvalue weighted by atomic mass is 35.5. The van der Waals surface area contributed by atoms with Crippen LogP contribution in [0.5, 0.6) is 0 Å². The van der Waals surface area contributed by atoms with E-state index in [4.69, 9.17) is 23.1 Å². The fourth-order valence-corrected chi connectivity index (χ4v) is 2.82. The number of aromatic nitrogens is 1. The molecule has 29 heavy (non-hydrogen) atoms. The Labute approximate surface area is 176 Å². The molecule has 1 unspecified atom stereocenters. The molecule has 6 N–H and O–H groups in total. The first-order chi connectivity index (χ1) is 13.8. The number of rotatable bonds is 9. The number of carbonyl (C=O) groups excluding carboxylic acids is 2. The van der Waals surface area contributed by atoms with Crippen LogP contribution in [-0.4, -0.2) is 28.9 Å². The lowest BCUT2D eigenvalue weighted by Crippen LogP contribution is -2.53. The average Bonchev–Trinajstić information content (AvgIpc) is 2.72. The SMILES string of the molecule is CCC(C)[C@H](N)C(=O)N[C@H](Cc1ccc(Cl)cc1)C(=O)NCc1ccc(N)nc1. The van der Waals surface area contributed by atoms with Crippen LogP contribution in [0, 0.1) is 5.92 Å². The van der Waals surface area contributed by atoms with Crippen molar-refractivity contribution < 1.29 is 9.59 Å². The van der Waals surface area contributed by atoms with Gasteiger partial charge in [-0.1, -0.05) is 50.1 Å². The lowest BCUT2D eigenvalue weighted by molar-refractivity contribution is -0.130. The fraction of sp³-hybridized carbons (Fsp3) is 0.381. The van der Waals surface area contributed by atoms with Crippen LogP contribution in [0.25, 0.3) is 0 Å². The van der Waals surface area contributed by atoms with E-state index in [0.29, 0.717) is 17.3 Å². The van der Waals surface area contributed by atoms with E-state index < -0.39 is 12.1 Å². The molecule has 0 aliphatic heterocycles. The summed E-state index contributed by atoms with van der Waals surface area (Å²) in [5.74, 6) is -0.230. The monoisotopic (exact) mass is 417 g/mol. The van der Waals surface area contributed by atoms with Gasteiger partial charge in [-0.2, -0.15) is 0 Å². The van der Waals surface area contributed by atoms with Crippen LogP contribution in [0.2, 0.25) is 5.02 Å². The standard InChI is InChI=1S/C21H28ClN5O2/c1-3-13(2)19(24)21(29)27-17(10-14-4-7-16(22)8-5-14)20(28)26-12-15-6-9-18(23)25-11-15/h4-9,11,13,17,19H,3,10,12,24H2,1-2H3,(H2,23,25)(H,26,28)(H,27,29)/t13?,17-,19+/m1/s1. The van der Waals surface area contributed by atoms with Gasteiger partial charge in [0.15, 0.2) is 0 Å². The number of nitrogens with zero attached hydrogens (tertiary/aromatic N) is 1. The average molecular weight is 418 g/mol. The Morgan fingerprint density at radius 3 is 2.34 bits per heavy atom. The van der Waals surface area contributed by atoms with E-state index in [1.807, 2.05) is 26.0 Å². The fourth-order valence-electron chi connectivity index (χ4n) is 2.70. The lowest BCUT2D eigenvalue weighted by Gasteiger charge is -2.23. The summed E-state index contributed by atoms with van der Waals surface area (Å²) in [5.41, 5.74) is 13.3. The van der Waals surface area contributed by atoms with Gasteiger partial charge in [-0.25, -0.2) is 4.98 Å². The highest BCUT2D eigenvalue weighted by molar-refractivity contribution is 6.30. The van der Waals surface area contributed by atoms with Crippen LogP contribution in [0.3, 0.4) is 0 Å². The van der Waals surface area contributed by atoms with Gasteiger partial charge < -0.3 is 22.1 Å². The zero-order valence-corrected chi connectivity index (χ0v) is 17.4. The minimum Gasteiger partial charge on any atom is -0.384 e. The summed E-state index contributed by atoms with van der Waals surface area (Å²) in [6, 6.07) is 9.16. The van der Waals surface area contributed by atoms with Gasteiger partial charge in [0.25, 0.3) is 0 Å². The van der Waals surface area contributed by atoms with E-state index in [9.17, 15) is 9.59 Å². The molecule has 3 atom stereocenters. The quantitative estimate of drug-likeness (QED) is 0.497. The van der Waals surface area contributed by atoms with Crippen LogP contribution < -0.4 is 22.1 Å². The third-order valence-corrected chi connectivity index (χ3v) is 5.11. The smallest absolute Gasteiger partial charge is 0.243 e. The van der Waals surface area contributed by atoms with Crippen molar-refractivity contribution in [3.05, 3.63) is 58.7 Å². The summed E-state index contributed by atoms with van der Waals surface area (Å²) in [6.45, 7) is 4.15. The second-order valence-corrected chi connectivity index (χ2v) is 7.55. The Morgan fingerprint density at radius 1 is 1.10 bits per heavy atom. The van der Waals surface area contributed by atoms with Gasteiger partial charge in [-0.15, -0.1) is 0 Å².